The van der Waals surface area contributed by atoms with Crippen LogP contribution in [0.2, 0.25) is 0 Å². The summed E-state index contributed by atoms with van der Waals surface area (Å²) in [4.78, 5) is 14.1. The number of carbonyl (C=O) groups excluding carboxylic acids is 1. The quantitative estimate of drug-likeness (QED) is 0.852. The van der Waals surface area contributed by atoms with Crippen molar-refractivity contribution < 1.29 is 18.0 Å². The van der Waals surface area contributed by atoms with E-state index in [0.29, 0.717) is 30.2 Å². The van der Waals surface area contributed by atoms with Crippen LogP contribution in [0.4, 0.5) is 8.78 Å². The SMILES string of the molecule is O=C(c1ccco1)N1CCC[C@H](CCc2ccc(F)cc2F)C1. The summed E-state index contributed by atoms with van der Waals surface area (Å²) in [6.07, 6.45) is 4.78. The van der Waals surface area contributed by atoms with Crippen molar-refractivity contribution in [2.75, 3.05) is 13.1 Å². The number of carbonyl (C=O) groups is 1. The van der Waals surface area contributed by atoms with Gasteiger partial charge in [-0.3, -0.25) is 4.79 Å². The van der Waals surface area contributed by atoms with Gasteiger partial charge in [0.1, 0.15) is 11.6 Å². The Morgan fingerprint density at radius 2 is 2.17 bits per heavy atom. The summed E-state index contributed by atoms with van der Waals surface area (Å²) in [5, 5.41) is 0. The van der Waals surface area contributed by atoms with E-state index >= 15 is 0 Å². The number of rotatable bonds is 4. The Balaban J connectivity index is 1.57. The first-order chi connectivity index (χ1) is 11.1. The van der Waals surface area contributed by atoms with Crippen LogP contribution >= 0.6 is 0 Å². The summed E-state index contributed by atoms with van der Waals surface area (Å²) in [7, 11) is 0. The van der Waals surface area contributed by atoms with Crippen molar-refractivity contribution in [1.82, 2.24) is 4.90 Å². The van der Waals surface area contributed by atoms with E-state index in [1.165, 1.54) is 18.4 Å². The van der Waals surface area contributed by atoms with Gasteiger partial charge in [0.2, 0.25) is 0 Å². The number of piperidine rings is 1. The Bertz CT molecular complexity index is 670. The molecule has 0 radical (unpaired) electrons. The van der Waals surface area contributed by atoms with E-state index in [9.17, 15) is 13.6 Å². The highest BCUT2D eigenvalue weighted by Gasteiger charge is 2.25. The molecule has 1 amide bonds. The molecule has 3 rings (SSSR count). The van der Waals surface area contributed by atoms with E-state index < -0.39 is 11.6 Å². The Morgan fingerprint density at radius 3 is 2.91 bits per heavy atom. The third kappa shape index (κ3) is 3.78. The fraction of sp³-hybridized carbons (Fsp3) is 0.389. The molecular formula is C18H19F2NO2. The predicted molar refractivity (Wildman–Crippen MR) is 82.0 cm³/mol. The molecule has 122 valence electrons. The van der Waals surface area contributed by atoms with Crippen LogP contribution in [0.15, 0.2) is 41.0 Å². The van der Waals surface area contributed by atoms with E-state index in [1.807, 2.05) is 0 Å². The zero-order valence-electron chi connectivity index (χ0n) is 12.8. The fourth-order valence-corrected chi connectivity index (χ4v) is 3.13. The second kappa shape index (κ2) is 6.94. The molecule has 0 N–H and O–H groups in total. The van der Waals surface area contributed by atoms with Gasteiger partial charge in [0.25, 0.3) is 5.91 Å². The van der Waals surface area contributed by atoms with Gasteiger partial charge in [-0.25, -0.2) is 8.78 Å². The zero-order valence-corrected chi connectivity index (χ0v) is 12.8. The molecule has 5 heteroatoms. The molecule has 1 atom stereocenters. The highest BCUT2D eigenvalue weighted by molar-refractivity contribution is 5.91. The number of benzene rings is 1. The summed E-state index contributed by atoms with van der Waals surface area (Å²) in [6, 6.07) is 7.07. The molecule has 2 heterocycles. The molecule has 0 saturated carbocycles. The van der Waals surface area contributed by atoms with Gasteiger partial charge in [-0.1, -0.05) is 6.07 Å². The molecule has 0 bridgehead atoms. The van der Waals surface area contributed by atoms with Gasteiger partial charge in [0.05, 0.1) is 6.26 Å². The monoisotopic (exact) mass is 319 g/mol. The summed E-state index contributed by atoms with van der Waals surface area (Å²) in [5.41, 5.74) is 0.529. The first-order valence-corrected chi connectivity index (χ1v) is 7.90. The maximum atomic E-state index is 13.7. The zero-order chi connectivity index (χ0) is 16.2. The predicted octanol–water partition coefficient (Wildman–Crippen LogP) is 4.04. The van der Waals surface area contributed by atoms with Crippen LogP contribution in [0.3, 0.4) is 0 Å². The van der Waals surface area contributed by atoms with E-state index in [1.54, 1.807) is 17.0 Å². The lowest BCUT2D eigenvalue weighted by Gasteiger charge is -2.32. The second-order valence-electron chi connectivity index (χ2n) is 6.01. The highest BCUT2D eigenvalue weighted by Crippen LogP contribution is 2.24. The number of hydrogen-bond donors (Lipinski definition) is 0. The van der Waals surface area contributed by atoms with E-state index in [-0.39, 0.29) is 5.91 Å². The molecular weight excluding hydrogens is 300 g/mol. The van der Waals surface area contributed by atoms with Crippen molar-refractivity contribution in [1.29, 1.82) is 0 Å². The minimum absolute atomic E-state index is 0.0901. The van der Waals surface area contributed by atoms with E-state index in [0.717, 1.165) is 31.9 Å². The van der Waals surface area contributed by atoms with Crippen molar-refractivity contribution in [2.45, 2.75) is 25.7 Å². The fourth-order valence-electron chi connectivity index (χ4n) is 3.13. The van der Waals surface area contributed by atoms with Gasteiger partial charge >= 0.3 is 0 Å². The van der Waals surface area contributed by atoms with Gasteiger partial charge in [-0.2, -0.15) is 0 Å². The van der Waals surface area contributed by atoms with Crippen molar-refractivity contribution in [2.24, 2.45) is 5.92 Å². The van der Waals surface area contributed by atoms with Gasteiger partial charge in [-0.05, 0) is 55.4 Å². The molecule has 1 aromatic heterocycles. The average Bonchev–Trinajstić information content (AvgIpc) is 3.08. The molecule has 0 aliphatic carbocycles. The molecule has 3 nitrogen and oxygen atoms in total. The molecule has 0 spiro atoms. The van der Waals surface area contributed by atoms with Crippen LogP contribution in [0.1, 0.15) is 35.4 Å². The third-order valence-corrected chi connectivity index (χ3v) is 4.38. The summed E-state index contributed by atoms with van der Waals surface area (Å²) in [5.74, 6) is -0.460. The second-order valence-corrected chi connectivity index (χ2v) is 6.01. The maximum Gasteiger partial charge on any atom is 0.289 e. The Morgan fingerprint density at radius 1 is 1.30 bits per heavy atom. The number of hydrogen-bond acceptors (Lipinski definition) is 2. The molecule has 2 aromatic rings. The van der Waals surface area contributed by atoms with Gasteiger partial charge in [0, 0.05) is 19.2 Å². The van der Waals surface area contributed by atoms with Crippen LogP contribution in [-0.4, -0.2) is 23.9 Å². The number of nitrogens with zero attached hydrogens (tertiary/aromatic N) is 1. The van der Waals surface area contributed by atoms with Crippen molar-refractivity contribution in [3.05, 3.63) is 59.6 Å². The minimum Gasteiger partial charge on any atom is -0.459 e. The molecule has 1 aromatic carbocycles. The molecule has 0 unspecified atom stereocenters. The lowest BCUT2D eigenvalue weighted by Crippen LogP contribution is -2.39. The van der Waals surface area contributed by atoms with Gasteiger partial charge in [-0.15, -0.1) is 0 Å². The van der Waals surface area contributed by atoms with Crippen molar-refractivity contribution in [3.8, 4) is 0 Å². The van der Waals surface area contributed by atoms with Crippen LogP contribution in [0, 0.1) is 17.6 Å². The lowest BCUT2D eigenvalue weighted by molar-refractivity contribution is 0.0636. The van der Waals surface area contributed by atoms with E-state index in [4.69, 9.17) is 4.42 Å². The number of halogens is 2. The summed E-state index contributed by atoms with van der Waals surface area (Å²) >= 11 is 0. The first kappa shape index (κ1) is 15.7. The van der Waals surface area contributed by atoms with Gasteiger partial charge in [0.15, 0.2) is 5.76 Å². The molecule has 1 aliphatic heterocycles. The Labute approximate surface area is 133 Å². The largest absolute Gasteiger partial charge is 0.459 e. The lowest BCUT2D eigenvalue weighted by atomic mass is 9.91. The van der Waals surface area contributed by atoms with Crippen molar-refractivity contribution in [3.63, 3.8) is 0 Å². The maximum absolute atomic E-state index is 13.7. The van der Waals surface area contributed by atoms with Gasteiger partial charge < -0.3 is 9.32 Å². The molecule has 1 aliphatic rings. The summed E-state index contributed by atoms with van der Waals surface area (Å²) < 4.78 is 31.8. The Kier molecular flexibility index (Phi) is 4.74. The van der Waals surface area contributed by atoms with Crippen LogP contribution in [0.5, 0.6) is 0 Å². The standard InChI is InChI=1S/C18H19F2NO2/c19-15-8-7-14(16(20)11-15)6-5-13-3-1-9-21(12-13)18(22)17-4-2-10-23-17/h2,4,7-8,10-11,13H,1,3,5-6,9,12H2/t13-/m1/s1. The minimum atomic E-state index is -0.556. The smallest absolute Gasteiger partial charge is 0.289 e. The van der Waals surface area contributed by atoms with Crippen LogP contribution in [0.25, 0.3) is 0 Å². The molecule has 1 fully saturated rings. The molecule has 23 heavy (non-hydrogen) atoms. The van der Waals surface area contributed by atoms with Crippen molar-refractivity contribution >= 4 is 5.91 Å². The Hall–Kier alpha value is -2.17. The summed E-state index contributed by atoms with van der Waals surface area (Å²) in [6.45, 7) is 1.38. The first-order valence-electron chi connectivity index (χ1n) is 7.90. The third-order valence-electron chi connectivity index (χ3n) is 4.38. The average molecular weight is 319 g/mol. The normalized spacial score (nSPS) is 18.2. The molecule has 1 saturated heterocycles. The number of amides is 1. The topological polar surface area (TPSA) is 33.5 Å². The van der Waals surface area contributed by atoms with Crippen LogP contribution < -0.4 is 0 Å². The number of aryl methyl sites for hydroxylation is 1. The van der Waals surface area contributed by atoms with Crippen LogP contribution in [-0.2, 0) is 6.42 Å². The van der Waals surface area contributed by atoms with E-state index in [2.05, 4.69) is 0 Å². The highest BCUT2D eigenvalue weighted by atomic mass is 19.1. The number of likely N-dealkylation sites (tertiary alicyclic amines) is 1. The number of furan rings is 1.